The zero-order valence-electron chi connectivity index (χ0n) is 11.4. The number of nitrogens with two attached hydrogens (primary N) is 1. The largest absolute Gasteiger partial charge is 0.465 e. The predicted molar refractivity (Wildman–Crippen MR) is 72.5 cm³/mol. The van der Waals surface area contributed by atoms with Gasteiger partial charge in [-0.2, -0.15) is 0 Å². The number of rotatable bonds is 5. The molecular formula is C13H21N3O2. The number of aromatic nitrogens is 1. The Morgan fingerprint density at radius 2 is 2.22 bits per heavy atom. The van der Waals surface area contributed by atoms with E-state index in [9.17, 15) is 4.79 Å². The van der Waals surface area contributed by atoms with E-state index in [0.717, 1.165) is 6.42 Å². The summed E-state index contributed by atoms with van der Waals surface area (Å²) in [7, 11) is 1.33. The van der Waals surface area contributed by atoms with Crippen molar-refractivity contribution in [2.75, 3.05) is 18.2 Å². The average molecular weight is 251 g/mol. The lowest BCUT2D eigenvalue weighted by atomic mass is 10.0. The number of nitrogen functional groups attached to an aromatic ring is 1. The number of anilines is 2. The van der Waals surface area contributed by atoms with Crippen molar-refractivity contribution in [2.45, 2.75) is 33.2 Å². The molecule has 0 aliphatic heterocycles. The van der Waals surface area contributed by atoms with Crippen LogP contribution in [0, 0.1) is 5.92 Å². The number of ether oxygens (including phenoxy) is 1. The molecule has 18 heavy (non-hydrogen) atoms. The second kappa shape index (κ2) is 6.23. The van der Waals surface area contributed by atoms with Crippen LogP contribution in [-0.4, -0.2) is 24.1 Å². The summed E-state index contributed by atoms with van der Waals surface area (Å²) in [5.41, 5.74) is 6.36. The minimum atomic E-state index is -0.449. The molecule has 0 amide bonds. The smallest absolute Gasteiger partial charge is 0.340 e. The van der Waals surface area contributed by atoms with Crippen molar-refractivity contribution in [2.24, 2.45) is 5.92 Å². The highest BCUT2D eigenvalue weighted by atomic mass is 16.5. The van der Waals surface area contributed by atoms with Crippen LogP contribution in [0.4, 0.5) is 11.5 Å². The summed E-state index contributed by atoms with van der Waals surface area (Å²) in [6.07, 6.45) is 2.46. The number of hydrogen-bond acceptors (Lipinski definition) is 5. The van der Waals surface area contributed by atoms with Gasteiger partial charge >= 0.3 is 5.97 Å². The molecule has 0 saturated carbocycles. The summed E-state index contributed by atoms with van der Waals surface area (Å²) in [4.78, 5) is 15.7. The van der Waals surface area contributed by atoms with Gasteiger partial charge in [-0.1, -0.05) is 20.8 Å². The molecule has 100 valence electrons. The van der Waals surface area contributed by atoms with Gasteiger partial charge < -0.3 is 15.8 Å². The first kappa shape index (κ1) is 14.3. The number of methoxy groups -OCH3 is 1. The molecule has 0 aliphatic carbocycles. The Morgan fingerprint density at radius 3 is 2.72 bits per heavy atom. The third-order valence-corrected chi connectivity index (χ3v) is 2.92. The molecule has 0 bridgehead atoms. The van der Waals surface area contributed by atoms with Gasteiger partial charge in [-0.05, 0) is 18.4 Å². The highest BCUT2D eigenvalue weighted by molar-refractivity contribution is 5.95. The van der Waals surface area contributed by atoms with Crippen molar-refractivity contribution in [3.8, 4) is 0 Å². The number of carbonyl (C=O) groups is 1. The lowest BCUT2D eigenvalue weighted by Crippen LogP contribution is -2.25. The van der Waals surface area contributed by atoms with Gasteiger partial charge in [0.05, 0.1) is 24.6 Å². The summed E-state index contributed by atoms with van der Waals surface area (Å²) in [6.45, 7) is 6.38. The lowest BCUT2D eigenvalue weighted by Gasteiger charge is -2.21. The van der Waals surface area contributed by atoms with E-state index in [1.807, 2.05) is 0 Å². The first-order chi connectivity index (χ1) is 8.49. The quantitative estimate of drug-likeness (QED) is 0.785. The summed E-state index contributed by atoms with van der Waals surface area (Å²) >= 11 is 0. The molecule has 5 nitrogen and oxygen atoms in total. The molecule has 5 heteroatoms. The number of pyridine rings is 1. The van der Waals surface area contributed by atoms with Crippen LogP contribution in [0.5, 0.6) is 0 Å². The van der Waals surface area contributed by atoms with E-state index in [1.165, 1.54) is 13.3 Å². The van der Waals surface area contributed by atoms with E-state index >= 15 is 0 Å². The fourth-order valence-corrected chi connectivity index (χ4v) is 1.76. The molecule has 1 rings (SSSR count). The molecular weight excluding hydrogens is 230 g/mol. The van der Waals surface area contributed by atoms with E-state index in [2.05, 4.69) is 35.8 Å². The molecule has 0 fully saturated rings. The molecule has 0 spiro atoms. The van der Waals surface area contributed by atoms with Crippen LogP contribution in [0.2, 0.25) is 0 Å². The van der Waals surface area contributed by atoms with Crippen LogP contribution in [0.25, 0.3) is 0 Å². The molecule has 1 aromatic heterocycles. The number of esters is 1. The summed E-state index contributed by atoms with van der Waals surface area (Å²) in [6, 6.07) is 1.94. The van der Waals surface area contributed by atoms with Crippen molar-refractivity contribution < 1.29 is 9.53 Å². The van der Waals surface area contributed by atoms with Gasteiger partial charge in [-0.3, -0.25) is 0 Å². The van der Waals surface area contributed by atoms with Gasteiger partial charge in [0.2, 0.25) is 0 Å². The van der Waals surface area contributed by atoms with Gasteiger partial charge in [0.15, 0.2) is 0 Å². The maximum Gasteiger partial charge on any atom is 0.340 e. The van der Waals surface area contributed by atoms with Crippen molar-refractivity contribution in [3.63, 3.8) is 0 Å². The lowest BCUT2D eigenvalue weighted by molar-refractivity contribution is 0.0602. The molecule has 0 saturated heterocycles. The molecule has 0 radical (unpaired) electrons. The Hall–Kier alpha value is -1.78. The van der Waals surface area contributed by atoms with Crippen molar-refractivity contribution in [1.82, 2.24) is 4.98 Å². The minimum absolute atomic E-state index is 0.312. The fourth-order valence-electron chi connectivity index (χ4n) is 1.76. The average Bonchev–Trinajstić information content (AvgIpc) is 2.36. The Balaban J connectivity index is 2.94. The molecule has 0 aliphatic rings. The van der Waals surface area contributed by atoms with E-state index in [1.54, 1.807) is 6.07 Å². The third-order valence-electron chi connectivity index (χ3n) is 2.92. The van der Waals surface area contributed by atoms with Gasteiger partial charge in [0, 0.05) is 6.04 Å². The molecule has 0 aromatic carbocycles. The van der Waals surface area contributed by atoms with Crippen LogP contribution >= 0.6 is 0 Å². The van der Waals surface area contributed by atoms with Crippen LogP contribution in [0.3, 0.4) is 0 Å². The molecule has 1 atom stereocenters. The van der Waals surface area contributed by atoms with Gasteiger partial charge in [-0.25, -0.2) is 9.78 Å². The van der Waals surface area contributed by atoms with Crippen LogP contribution in [-0.2, 0) is 4.74 Å². The van der Waals surface area contributed by atoms with Crippen molar-refractivity contribution >= 4 is 17.5 Å². The fraction of sp³-hybridized carbons (Fsp3) is 0.538. The molecule has 1 heterocycles. The van der Waals surface area contributed by atoms with Crippen LogP contribution < -0.4 is 11.1 Å². The zero-order valence-corrected chi connectivity index (χ0v) is 11.4. The number of nitrogens with one attached hydrogen (secondary N) is 1. The van der Waals surface area contributed by atoms with E-state index < -0.39 is 5.97 Å². The molecule has 1 aromatic rings. The van der Waals surface area contributed by atoms with E-state index in [4.69, 9.17) is 5.73 Å². The summed E-state index contributed by atoms with van der Waals surface area (Å²) < 4.78 is 4.68. The summed E-state index contributed by atoms with van der Waals surface area (Å²) in [5.74, 6) is 0.677. The summed E-state index contributed by atoms with van der Waals surface area (Å²) in [5, 5.41) is 3.30. The second-order valence-electron chi connectivity index (χ2n) is 4.55. The predicted octanol–water partition coefficient (Wildman–Crippen LogP) is 2.30. The monoisotopic (exact) mass is 251 g/mol. The first-order valence-electron chi connectivity index (χ1n) is 6.10. The highest BCUT2D eigenvalue weighted by Gasteiger charge is 2.15. The van der Waals surface area contributed by atoms with Gasteiger partial charge in [0.1, 0.15) is 5.82 Å². The Bertz CT molecular complexity index is 419. The van der Waals surface area contributed by atoms with Crippen molar-refractivity contribution in [3.05, 3.63) is 17.8 Å². The SMILES string of the molecule is CCC(Nc1cc(C(=O)OC)c(N)cn1)C(C)C. The first-order valence-corrected chi connectivity index (χ1v) is 6.10. The minimum Gasteiger partial charge on any atom is -0.465 e. The number of carbonyl (C=O) groups excluding carboxylic acids is 1. The Kier molecular flexibility index (Phi) is 4.95. The highest BCUT2D eigenvalue weighted by Crippen LogP contribution is 2.18. The number of hydrogen-bond donors (Lipinski definition) is 2. The van der Waals surface area contributed by atoms with Gasteiger partial charge in [-0.15, -0.1) is 0 Å². The topological polar surface area (TPSA) is 77.2 Å². The van der Waals surface area contributed by atoms with Crippen molar-refractivity contribution in [1.29, 1.82) is 0 Å². The Labute approximate surface area is 108 Å². The Morgan fingerprint density at radius 1 is 1.56 bits per heavy atom. The maximum absolute atomic E-state index is 11.5. The van der Waals surface area contributed by atoms with Crippen LogP contribution in [0.15, 0.2) is 12.3 Å². The molecule has 1 unspecified atom stereocenters. The maximum atomic E-state index is 11.5. The van der Waals surface area contributed by atoms with Gasteiger partial charge in [0.25, 0.3) is 0 Å². The van der Waals surface area contributed by atoms with E-state index in [-0.39, 0.29) is 0 Å². The second-order valence-corrected chi connectivity index (χ2v) is 4.55. The zero-order chi connectivity index (χ0) is 13.7. The van der Waals surface area contributed by atoms with Crippen LogP contribution in [0.1, 0.15) is 37.6 Å². The van der Waals surface area contributed by atoms with E-state index in [0.29, 0.717) is 29.0 Å². The molecule has 3 N–H and O–H groups in total. The number of nitrogens with zero attached hydrogens (tertiary/aromatic N) is 1. The third kappa shape index (κ3) is 3.35. The normalized spacial score (nSPS) is 12.3. The standard InChI is InChI=1S/C13H21N3O2/c1-5-11(8(2)3)16-12-6-9(13(17)18-4)10(14)7-15-12/h6-8,11H,5,14H2,1-4H3,(H,15,16).